The molecule has 0 saturated carbocycles. The van der Waals surface area contributed by atoms with Gasteiger partial charge in [0.25, 0.3) is 5.56 Å². The SMILES string of the molecule is O=C(C1CC=CCC1)N1CCN(Cc2cc(=O)n3ccsc3n2)CC1. The van der Waals surface area contributed by atoms with Gasteiger partial charge < -0.3 is 4.90 Å². The number of carbonyl (C=O) groups excluding carboxylic acids is 1. The number of aromatic nitrogens is 2. The molecule has 2 aromatic heterocycles. The molecule has 0 aromatic carbocycles. The number of hydrogen-bond acceptors (Lipinski definition) is 5. The lowest BCUT2D eigenvalue weighted by Gasteiger charge is -2.36. The Hall–Kier alpha value is -1.99. The fraction of sp³-hybridized carbons (Fsp3) is 0.500. The van der Waals surface area contributed by atoms with E-state index in [1.165, 1.54) is 11.3 Å². The molecule has 6 nitrogen and oxygen atoms in total. The highest BCUT2D eigenvalue weighted by Gasteiger charge is 2.27. The Morgan fingerprint density at radius 1 is 1.24 bits per heavy atom. The molecule has 0 spiro atoms. The van der Waals surface area contributed by atoms with Crippen LogP contribution in [0.25, 0.3) is 4.96 Å². The van der Waals surface area contributed by atoms with Gasteiger partial charge in [0.05, 0.1) is 5.69 Å². The van der Waals surface area contributed by atoms with Crippen LogP contribution in [0.2, 0.25) is 0 Å². The van der Waals surface area contributed by atoms with Crippen molar-refractivity contribution in [2.45, 2.75) is 25.8 Å². The number of fused-ring (bicyclic) bond motifs is 1. The van der Waals surface area contributed by atoms with Crippen molar-refractivity contribution in [2.75, 3.05) is 26.2 Å². The van der Waals surface area contributed by atoms with Gasteiger partial charge in [-0.25, -0.2) is 4.98 Å². The van der Waals surface area contributed by atoms with Crippen LogP contribution in [0.3, 0.4) is 0 Å². The minimum atomic E-state index is -0.0274. The molecule has 1 fully saturated rings. The predicted octanol–water partition coefficient (Wildman–Crippen LogP) is 1.76. The second-order valence-corrected chi connectivity index (χ2v) is 7.60. The van der Waals surface area contributed by atoms with Crippen molar-refractivity contribution in [3.63, 3.8) is 0 Å². The van der Waals surface area contributed by atoms with E-state index in [0.717, 1.165) is 56.1 Å². The number of nitrogens with zero attached hydrogens (tertiary/aromatic N) is 4. The van der Waals surface area contributed by atoms with Crippen molar-refractivity contribution in [3.05, 3.63) is 45.8 Å². The van der Waals surface area contributed by atoms with E-state index in [-0.39, 0.29) is 11.5 Å². The largest absolute Gasteiger partial charge is 0.340 e. The van der Waals surface area contributed by atoms with E-state index < -0.39 is 0 Å². The lowest BCUT2D eigenvalue weighted by molar-refractivity contribution is -0.137. The van der Waals surface area contributed by atoms with Gasteiger partial charge >= 0.3 is 0 Å². The summed E-state index contributed by atoms with van der Waals surface area (Å²) < 4.78 is 1.57. The smallest absolute Gasteiger partial charge is 0.258 e. The molecule has 1 aliphatic carbocycles. The standard InChI is InChI=1S/C18H22N4O2S/c23-16-12-15(19-18-22(16)10-11-25-18)13-20-6-8-21(9-7-20)17(24)14-4-2-1-3-5-14/h1-2,10-12,14H,3-9,13H2. The number of piperazine rings is 1. The molecule has 4 rings (SSSR count). The summed E-state index contributed by atoms with van der Waals surface area (Å²) in [5, 5.41) is 1.87. The number of amides is 1. The number of allylic oxidation sites excluding steroid dienone is 2. The lowest BCUT2D eigenvalue weighted by atomic mass is 9.93. The zero-order valence-corrected chi connectivity index (χ0v) is 15.0. The summed E-state index contributed by atoms with van der Waals surface area (Å²) in [4.78, 5) is 34.3. The van der Waals surface area contributed by atoms with Gasteiger partial charge in [0, 0.05) is 56.3 Å². The first-order valence-corrected chi connectivity index (χ1v) is 9.70. The Labute approximate surface area is 150 Å². The van der Waals surface area contributed by atoms with Gasteiger partial charge in [0.2, 0.25) is 5.91 Å². The van der Waals surface area contributed by atoms with Gasteiger partial charge in [-0.05, 0) is 19.3 Å². The maximum Gasteiger partial charge on any atom is 0.258 e. The van der Waals surface area contributed by atoms with E-state index in [4.69, 9.17) is 0 Å². The summed E-state index contributed by atoms with van der Waals surface area (Å²) in [6, 6.07) is 1.62. The molecule has 25 heavy (non-hydrogen) atoms. The minimum Gasteiger partial charge on any atom is -0.340 e. The van der Waals surface area contributed by atoms with Crippen LogP contribution in [-0.2, 0) is 11.3 Å². The van der Waals surface area contributed by atoms with Crippen LogP contribution in [-0.4, -0.2) is 51.3 Å². The summed E-state index contributed by atoms with van der Waals surface area (Å²) in [7, 11) is 0. The van der Waals surface area contributed by atoms with Crippen molar-refractivity contribution in [1.29, 1.82) is 0 Å². The molecule has 3 heterocycles. The van der Waals surface area contributed by atoms with Gasteiger partial charge in [0.1, 0.15) is 0 Å². The van der Waals surface area contributed by atoms with E-state index in [2.05, 4.69) is 22.0 Å². The third kappa shape index (κ3) is 3.52. The normalized spacial score (nSPS) is 21.8. The Kier molecular flexibility index (Phi) is 4.67. The number of rotatable bonds is 3. The van der Waals surface area contributed by atoms with Crippen molar-refractivity contribution in [2.24, 2.45) is 5.92 Å². The molecule has 7 heteroatoms. The summed E-state index contributed by atoms with van der Waals surface area (Å²) in [5.74, 6) is 0.472. The van der Waals surface area contributed by atoms with Gasteiger partial charge in [-0.3, -0.25) is 18.9 Å². The Balaban J connectivity index is 1.36. The van der Waals surface area contributed by atoms with Gasteiger partial charge in [0.15, 0.2) is 4.96 Å². The van der Waals surface area contributed by atoms with Crippen molar-refractivity contribution in [1.82, 2.24) is 19.2 Å². The summed E-state index contributed by atoms with van der Waals surface area (Å²) in [5.41, 5.74) is 0.782. The van der Waals surface area contributed by atoms with Gasteiger partial charge in [-0.1, -0.05) is 12.2 Å². The molecule has 1 saturated heterocycles. The Morgan fingerprint density at radius 2 is 2.08 bits per heavy atom. The Bertz CT molecular complexity index is 848. The first-order chi connectivity index (χ1) is 12.2. The third-order valence-electron chi connectivity index (χ3n) is 5.04. The number of carbonyl (C=O) groups is 1. The average molecular weight is 358 g/mol. The van der Waals surface area contributed by atoms with E-state index in [1.54, 1.807) is 16.7 Å². The van der Waals surface area contributed by atoms with Crippen LogP contribution in [0.4, 0.5) is 0 Å². The van der Waals surface area contributed by atoms with Crippen LogP contribution in [0.1, 0.15) is 25.0 Å². The molecule has 0 bridgehead atoms. The Morgan fingerprint density at radius 3 is 2.84 bits per heavy atom. The molecule has 2 aromatic rings. The lowest BCUT2D eigenvalue weighted by Crippen LogP contribution is -2.50. The molecule has 1 aliphatic heterocycles. The quantitative estimate of drug-likeness (QED) is 0.785. The zero-order chi connectivity index (χ0) is 17.2. The number of hydrogen-bond donors (Lipinski definition) is 0. The van der Waals surface area contributed by atoms with Gasteiger partial charge in [-0.15, -0.1) is 11.3 Å². The van der Waals surface area contributed by atoms with Crippen molar-refractivity contribution in [3.8, 4) is 0 Å². The molecular formula is C18H22N4O2S. The van der Waals surface area contributed by atoms with E-state index in [0.29, 0.717) is 12.5 Å². The molecule has 2 aliphatic rings. The molecule has 1 amide bonds. The monoisotopic (exact) mass is 358 g/mol. The van der Waals surface area contributed by atoms with Crippen LogP contribution >= 0.6 is 11.3 Å². The predicted molar refractivity (Wildman–Crippen MR) is 97.7 cm³/mol. The summed E-state index contributed by atoms with van der Waals surface area (Å²) >= 11 is 1.47. The first-order valence-electron chi connectivity index (χ1n) is 8.82. The second-order valence-electron chi connectivity index (χ2n) is 6.72. The molecule has 0 radical (unpaired) electrons. The summed E-state index contributed by atoms with van der Waals surface area (Å²) in [6.45, 7) is 3.86. The van der Waals surface area contributed by atoms with Crippen molar-refractivity contribution >= 4 is 22.2 Å². The molecular weight excluding hydrogens is 336 g/mol. The van der Waals surface area contributed by atoms with Crippen LogP contribution in [0.5, 0.6) is 0 Å². The van der Waals surface area contributed by atoms with Crippen LogP contribution in [0, 0.1) is 5.92 Å². The highest BCUT2D eigenvalue weighted by Crippen LogP contribution is 2.21. The van der Waals surface area contributed by atoms with E-state index >= 15 is 0 Å². The van der Waals surface area contributed by atoms with E-state index in [1.807, 2.05) is 10.3 Å². The average Bonchev–Trinajstić information content (AvgIpc) is 3.12. The van der Waals surface area contributed by atoms with Crippen LogP contribution < -0.4 is 5.56 Å². The molecule has 132 valence electrons. The fourth-order valence-electron chi connectivity index (χ4n) is 3.60. The fourth-order valence-corrected chi connectivity index (χ4v) is 4.34. The molecule has 0 N–H and O–H groups in total. The highest BCUT2D eigenvalue weighted by molar-refractivity contribution is 7.15. The van der Waals surface area contributed by atoms with Crippen LogP contribution in [0.15, 0.2) is 34.6 Å². The topological polar surface area (TPSA) is 57.9 Å². The van der Waals surface area contributed by atoms with Gasteiger partial charge in [-0.2, -0.15) is 0 Å². The zero-order valence-electron chi connectivity index (χ0n) is 14.1. The van der Waals surface area contributed by atoms with E-state index in [9.17, 15) is 9.59 Å². The third-order valence-corrected chi connectivity index (χ3v) is 5.80. The van der Waals surface area contributed by atoms with Crippen molar-refractivity contribution < 1.29 is 4.79 Å². The highest BCUT2D eigenvalue weighted by atomic mass is 32.1. The maximum atomic E-state index is 12.6. The summed E-state index contributed by atoms with van der Waals surface area (Å²) in [6.07, 6.45) is 8.93. The number of thiazole rings is 1. The maximum absolute atomic E-state index is 12.6. The molecule has 1 atom stereocenters. The minimum absolute atomic E-state index is 0.0274. The molecule has 1 unspecified atom stereocenters. The second kappa shape index (κ2) is 7.09. The first kappa shape index (κ1) is 16.5.